The second-order valence-corrected chi connectivity index (χ2v) is 4.00. The summed E-state index contributed by atoms with van der Waals surface area (Å²) < 4.78 is 9.65. The number of anilines is 1. The van der Waals surface area contributed by atoms with Gasteiger partial charge in [-0.05, 0) is 24.3 Å². The van der Waals surface area contributed by atoms with Gasteiger partial charge >= 0.3 is 11.9 Å². The van der Waals surface area contributed by atoms with Gasteiger partial charge in [0, 0.05) is 12.6 Å². The van der Waals surface area contributed by atoms with Crippen LogP contribution in [0.4, 0.5) is 5.69 Å². The molecule has 21 heavy (non-hydrogen) atoms. The van der Waals surface area contributed by atoms with Gasteiger partial charge in [0.1, 0.15) is 11.5 Å². The van der Waals surface area contributed by atoms with Crippen LogP contribution in [0.15, 0.2) is 36.1 Å². The molecule has 1 aromatic rings. The van der Waals surface area contributed by atoms with Crippen molar-refractivity contribution in [3.05, 3.63) is 36.1 Å². The monoisotopic (exact) mass is 293 g/mol. The van der Waals surface area contributed by atoms with Crippen LogP contribution in [-0.2, 0) is 19.1 Å². The molecule has 7 nitrogen and oxygen atoms in total. The fourth-order valence-electron chi connectivity index (χ4n) is 1.48. The van der Waals surface area contributed by atoms with E-state index in [1.807, 2.05) is 0 Å². The van der Waals surface area contributed by atoms with Gasteiger partial charge in [0.2, 0.25) is 5.91 Å². The Kier molecular flexibility index (Phi) is 5.94. The molecule has 0 aromatic heterocycles. The van der Waals surface area contributed by atoms with Crippen LogP contribution in [0.2, 0.25) is 0 Å². The number of carboxylic acid groups (broad SMARTS) is 1. The van der Waals surface area contributed by atoms with E-state index in [-0.39, 0.29) is 12.2 Å². The molecule has 0 aliphatic heterocycles. The molecule has 112 valence electrons. The van der Waals surface area contributed by atoms with Crippen molar-refractivity contribution in [1.29, 1.82) is 0 Å². The summed E-state index contributed by atoms with van der Waals surface area (Å²) in [6.45, 7) is 1.12. The first-order valence-corrected chi connectivity index (χ1v) is 5.96. The topological polar surface area (TPSA) is 102 Å². The van der Waals surface area contributed by atoms with Crippen LogP contribution in [0.1, 0.15) is 13.3 Å². The number of carbonyl (C=O) groups is 3. The highest BCUT2D eigenvalue weighted by Crippen LogP contribution is 2.16. The maximum Gasteiger partial charge on any atom is 0.331 e. The molecule has 0 saturated carbocycles. The molecule has 0 aliphatic rings. The van der Waals surface area contributed by atoms with Crippen LogP contribution in [0, 0.1) is 0 Å². The summed E-state index contributed by atoms with van der Waals surface area (Å²) in [5.41, 5.74) is 0.512. The largest absolute Gasteiger partial charge is 0.497 e. The quantitative estimate of drug-likeness (QED) is 0.469. The predicted octanol–water partition coefficient (Wildman–Crippen LogP) is 1.56. The molecule has 0 radical (unpaired) electrons. The molecule has 0 bridgehead atoms. The Bertz CT molecular complexity index is 561. The molecular formula is C14H15NO6. The lowest BCUT2D eigenvalue weighted by atomic mass is 10.2. The number of carbonyl (C=O) groups excluding carboxylic acids is 2. The fraction of sp³-hybridized carbons (Fsp3) is 0.214. The van der Waals surface area contributed by atoms with E-state index in [0.717, 1.165) is 6.92 Å². The Labute approximate surface area is 121 Å². The number of benzene rings is 1. The molecule has 0 fully saturated rings. The van der Waals surface area contributed by atoms with Gasteiger partial charge < -0.3 is 19.9 Å². The minimum Gasteiger partial charge on any atom is -0.497 e. The van der Waals surface area contributed by atoms with Crippen molar-refractivity contribution in [3.63, 3.8) is 0 Å². The van der Waals surface area contributed by atoms with Crippen LogP contribution in [0.3, 0.4) is 0 Å². The normalized spacial score (nSPS) is 10.7. The Balaban J connectivity index is 2.68. The fourth-order valence-corrected chi connectivity index (χ4v) is 1.48. The Morgan fingerprint density at radius 3 is 2.33 bits per heavy atom. The zero-order valence-corrected chi connectivity index (χ0v) is 11.6. The van der Waals surface area contributed by atoms with E-state index in [2.05, 4.69) is 10.1 Å². The van der Waals surface area contributed by atoms with Gasteiger partial charge in [-0.2, -0.15) is 0 Å². The molecule has 0 unspecified atom stereocenters. The van der Waals surface area contributed by atoms with Crippen molar-refractivity contribution in [1.82, 2.24) is 0 Å². The van der Waals surface area contributed by atoms with E-state index >= 15 is 0 Å². The summed E-state index contributed by atoms with van der Waals surface area (Å²) in [5.74, 6) is -2.10. The molecule has 2 N–H and O–H groups in total. The third-order valence-corrected chi connectivity index (χ3v) is 2.27. The minimum absolute atomic E-state index is 0.235. The number of hydrogen-bond donors (Lipinski definition) is 2. The lowest BCUT2D eigenvalue weighted by Crippen LogP contribution is -2.15. The van der Waals surface area contributed by atoms with E-state index in [0.29, 0.717) is 17.5 Å². The number of ether oxygens (including phenoxy) is 2. The van der Waals surface area contributed by atoms with Gasteiger partial charge in [-0.3, -0.25) is 9.59 Å². The molecule has 1 amide bonds. The third kappa shape index (κ3) is 6.24. The van der Waals surface area contributed by atoms with Crippen molar-refractivity contribution >= 4 is 23.5 Å². The molecule has 0 spiro atoms. The number of aliphatic carboxylic acids is 1. The zero-order valence-electron chi connectivity index (χ0n) is 11.6. The van der Waals surface area contributed by atoms with E-state index in [9.17, 15) is 14.4 Å². The van der Waals surface area contributed by atoms with Crippen LogP contribution < -0.4 is 10.1 Å². The van der Waals surface area contributed by atoms with Gasteiger partial charge in [0.15, 0.2) is 0 Å². The molecule has 0 atom stereocenters. The molecule has 7 heteroatoms. The van der Waals surface area contributed by atoms with E-state index in [1.165, 1.54) is 7.11 Å². The second-order valence-electron chi connectivity index (χ2n) is 4.00. The van der Waals surface area contributed by atoms with Gasteiger partial charge in [0.05, 0.1) is 19.6 Å². The maximum absolute atomic E-state index is 11.8. The number of esters is 1. The van der Waals surface area contributed by atoms with Crippen molar-refractivity contribution in [2.45, 2.75) is 13.3 Å². The first kappa shape index (κ1) is 16.2. The van der Waals surface area contributed by atoms with Crippen molar-refractivity contribution in [2.75, 3.05) is 12.4 Å². The Hall–Kier alpha value is -2.83. The first-order valence-electron chi connectivity index (χ1n) is 5.96. The number of methoxy groups -OCH3 is 1. The summed E-state index contributed by atoms with van der Waals surface area (Å²) in [6, 6.07) is 6.58. The predicted molar refractivity (Wildman–Crippen MR) is 73.7 cm³/mol. The van der Waals surface area contributed by atoms with E-state index in [4.69, 9.17) is 9.84 Å². The number of carboxylic acids is 1. The Morgan fingerprint density at radius 2 is 1.86 bits per heavy atom. The highest BCUT2D eigenvalue weighted by atomic mass is 16.5. The maximum atomic E-state index is 11.8. The summed E-state index contributed by atoms with van der Waals surface area (Å²) in [5, 5.41) is 11.2. The summed E-state index contributed by atoms with van der Waals surface area (Å²) in [7, 11) is 1.52. The lowest BCUT2D eigenvalue weighted by molar-refractivity contribution is -0.137. The summed E-state index contributed by atoms with van der Waals surface area (Å²) in [6.07, 6.45) is 0.312. The van der Waals surface area contributed by atoms with Crippen LogP contribution in [0.5, 0.6) is 5.75 Å². The van der Waals surface area contributed by atoms with E-state index < -0.39 is 17.8 Å². The van der Waals surface area contributed by atoms with Crippen LogP contribution >= 0.6 is 0 Å². The van der Waals surface area contributed by atoms with Crippen molar-refractivity contribution < 1.29 is 29.0 Å². The molecule has 0 saturated heterocycles. The van der Waals surface area contributed by atoms with E-state index in [1.54, 1.807) is 24.3 Å². The standard InChI is InChI=1S/C14H15NO6/c1-9(16)21-12(8-14(18)19)7-13(17)15-10-3-5-11(20-2)6-4-10/h3-6,8H,7H2,1-2H3,(H,15,17)(H,18,19). The number of amides is 1. The molecular weight excluding hydrogens is 278 g/mol. The number of rotatable bonds is 6. The van der Waals surface area contributed by atoms with Crippen molar-refractivity contribution in [3.8, 4) is 5.75 Å². The van der Waals surface area contributed by atoms with Crippen molar-refractivity contribution in [2.24, 2.45) is 0 Å². The first-order chi connectivity index (χ1) is 9.90. The third-order valence-electron chi connectivity index (χ3n) is 2.27. The average Bonchev–Trinajstić information content (AvgIpc) is 2.37. The minimum atomic E-state index is -1.30. The van der Waals surface area contributed by atoms with Gasteiger partial charge in [-0.1, -0.05) is 0 Å². The average molecular weight is 293 g/mol. The molecule has 0 aliphatic carbocycles. The van der Waals surface area contributed by atoms with Gasteiger partial charge in [0.25, 0.3) is 0 Å². The SMILES string of the molecule is COc1ccc(NC(=O)CC(=CC(=O)O)OC(C)=O)cc1. The lowest BCUT2D eigenvalue weighted by Gasteiger charge is -2.08. The number of hydrogen-bond acceptors (Lipinski definition) is 5. The highest BCUT2D eigenvalue weighted by Gasteiger charge is 2.11. The van der Waals surface area contributed by atoms with Crippen LogP contribution in [0.25, 0.3) is 0 Å². The number of nitrogens with one attached hydrogen (secondary N) is 1. The smallest absolute Gasteiger partial charge is 0.331 e. The summed E-state index contributed by atoms with van der Waals surface area (Å²) >= 11 is 0. The van der Waals surface area contributed by atoms with Gasteiger partial charge in [-0.15, -0.1) is 0 Å². The molecule has 1 aromatic carbocycles. The van der Waals surface area contributed by atoms with Gasteiger partial charge in [-0.25, -0.2) is 4.79 Å². The second kappa shape index (κ2) is 7.68. The molecule has 0 heterocycles. The Morgan fingerprint density at radius 1 is 1.24 bits per heavy atom. The summed E-state index contributed by atoms with van der Waals surface area (Å²) in [4.78, 5) is 33.2. The van der Waals surface area contributed by atoms with Crippen LogP contribution in [-0.4, -0.2) is 30.1 Å². The molecule has 1 rings (SSSR count). The zero-order chi connectivity index (χ0) is 15.8. The highest BCUT2D eigenvalue weighted by molar-refractivity contribution is 5.93.